The minimum Gasteiger partial charge on any atom is -0.379 e. The molecule has 3 nitrogen and oxygen atoms in total. The molecule has 0 rings (SSSR count). The van der Waals surface area contributed by atoms with Crippen molar-refractivity contribution in [1.82, 2.24) is 0 Å². The molecule has 0 saturated carbocycles. The molecule has 0 bridgehead atoms. The summed E-state index contributed by atoms with van der Waals surface area (Å²) in [6.07, 6.45) is 45.5. The molecule has 0 aliphatic carbocycles. The van der Waals surface area contributed by atoms with Gasteiger partial charge in [0.15, 0.2) is 0 Å². The van der Waals surface area contributed by atoms with Crippen LogP contribution >= 0.6 is 0 Å². The van der Waals surface area contributed by atoms with Gasteiger partial charge in [0.25, 0.3) is 0 Å². The molecular formula is C42H88NO2+. The van der Waals surface area contributed by atoms with Crippen LogP contribution in [0.1, 0.15) is 219 Å². The lowest BCUT2D eigenvalue weighted by Crippen LogP contribution is -2.44. The number of likely N-dealkylation sites (N-methyl/N-ethyl adjacent to an activating group) is 1. The van der Waals surface area contributed by atoms with Gasteiger partial charge in [0.05, 0.1) is 27.7 Å². The average Bonchev–Trinajstić information content (AvgIpc) is 3.01. The second-order valence-corrected chi connectivity index (χ2v) is 15.6. The predicted molar refractivity (Wildman–Crippen MR) is 203 cm³/mol. The zero-order valence-electron chi connectivity index (χ0n) is 32.3. The van der Waals surface area contributed by atoms with Crippen molar-refractivity contribution in [3.8, 4) is 0 Å². The van der Waals surface area contributed by atoms with Gasteiger partial charge in [0.1, 0.15) is 12.6 Å². The van der Waals surface area contributed by atoms with Crippen molar-refractivity contribution in [2.75, 3.05) is 47.5 Å². The topological polar surface area (TPSA) is 18.5 Å². The van der Waals surface area contributed by atoms with Crippen molar-refractivity contribution in [1.29, 1.82) is 0 Å². The summed E-state index contributed by atoms with van der Waals surface area (Å²) in [6, 6.07) is 0. The van der Waals surface area contributed by atoms with Crippen LogP contribution in [-0.4, -0.2) is 58.1 Å². The molecule has 0 amide bonds. The number of hydrogen-bond donors (Lipinski definition) is 0. The summed E-state index contributed by atoms with van der Waals surface area (Å²) in [5, 5.41) is 0. The van der Waals surface area contributed by atoms with Gasteiger partial charge in [-0.05, 0) is 12.8 Å². The van der Waals surface area contributed by atoms with Crippen LogP contribution < -0.4 is 0 Å². The number of ether oxygens (including phenoxy) is 2. The molecule has 0 aromatic heterocycles. The maximum absolute atomic E-state index is 6.33. The quantitative estimate of drug-likeness (QED) is 0.0492. The van der Waals surface area contributed by atoms with Crippen LogP contribution in [0.3, 0.4) is 0 Å². The minimum absolute atomic E-state index is 0.224. The van der Waals surface area contributed by atoms with E-state index in [2.05, 4.69) is 35.0 Å². The molecule has 0 heterocycles. The van der Waals surface area contributed by atoms with E-state index in [4.69, 9.17) is 9.47 Å². The van der Waals surface area contributed by atoms with Crippen molar-refractivity contribution in [2.45, 2.75) is 225 Å². The minimum atomic E-state index is 0.224. The van der Waals surface area contributed by atoms with E-state index < -0.39 is 0 Å². The predicted octanol–water partition coefficient (Wildman–Crippen LogP) is 13.6. The second-order valence-electron chi connectivity index (χ2n) is 15.6. The lowest BCUT2D eigenvalue weighted by atomic mass is 10.0. The van der Waals surface area contributed by atoms with Crippen molar-refractivity contribution in [2.24, 2.45) is 0 Å². The van der Waals surface area contributed by atoms with Crippen LogP contribution in [0.15, 0.2) is 0 Å². The van der Waals surface area contributed by atoms with Gasteiger partial charge in [0, 0.05) is 13.2 Å². The molecular weight excluding hydrogens is 550 g/mol. The Hall–Kier alpha value is -0.120. The van der Waals surface area contributed by atoms with Crippen LogP contribution in [0.25, 0.3) is 0 Å². The highest BCUT2D eigenvalue weighted by atomic mass is 16.5. The molecule has 45 heavy (non-hydrogen) atoms. The normalized spacial score (nSPS) is 12.7. The Balaban J connectivity index is 3.54. The molecule has 1 atom stereocenters. The van der Waals surface area contributed by atoms with Gasteiger partial charge < -0.3 is 14.0 Å². The van der Waals surface area contributed by atoms with E-state index in [1.54, 1.807) is 0 Å². The number of unbranched alkanes of at least 4 members (excludes halogenated alkanes) is 30. The summed E-state index contributed by atoms with van der Waals surface area (Å²) in [4.78, 5) is 0. The average molecular weight is 639 g/mol. The summed E-state index contributed by atoms with van der Waals surface area (Å²) >= 11 is 0. The van der Waals surface area contributed by atoms with Crippen LogP contribution in [0.5, 0.6) is 0 Å². The van der Waals surface area contributed by atoms with Crippen LogP contribution in [-0.2, 0) is 9.47 Å². The van der Waals surface area contributed by atoms with Crippen LogP contribution in [0, 0.1) is 0 Å². The maximum Gasteiger partial charge on any atom is 0.130 e. The van der Waals surface area contributed by atoms with E-state index in [9.17, 15) is 0 Å². The molecule has 0 fully saturated rings. The molecule has 0 aliphatic rings. The molecule has 0 N–H and O–H groups in total. The third-order valence-corrected chi connectivity index (χ3v) is 9.55. The van der Waals surface area contributed by atoms with E-state index in [0.717, 1.165) is 30.8 Å². The van der Waals surface area contributed by atoms with Gasteiger partial charge in [-0.3, -0.25) is 0 Å². The van der Waals surface area contributed by atoms with Crippen LogP contribution in [0.2, 0.25) is 0 Å². The fraction of sp³-hybridized carbons (Fsp3) is 1.00. The molecule has 0 aromatic rings. The van der Waals surface area contributed by atoms with E-state index in [-0.39, 0.29) is 6.10 Å². The second kappa shape index (κ2) is 36.7. The van der Waals surface area contributed by atoms with E-state index >= 15 is 0 Å². The summed E-state index contributed by atoms with van der Waals surface area (Å²) in [5.41, 5.74) is 0. The van der Waals surface area contributed by atoms with E-state index in [1.165, 1.54) is 205 Å². The van der Waals surface area contributed by atoms with Gasteiger partial charge in [-0.25, -0.2) is 0 Å². The zero-order valence-corrected chi connectivity index (χ0v) is 32.3. The molecule has 0 aromatic carbocycles. The third kappa shape index (κ3) is 40.0. The summed E-state index contributed by atoms with van der Waals surface area (Å²) in [5.74, 6) is 0. The summed E-state index contributed by atoms with van der Waals surface area (Å²) in [7, 11) is 6.79. The highest BCUT2D eigenvalue weighted by molar-refractivity contribution is 4.57. The van der Waals surface area contributed by atoms with Crippen molar-refractivity contribution >= 4 is 0 Å². The first-order valence-electron chi connectivity index (χ1n) is 21.0. The number of rotatable bonds is 39. The Labute approximate surface area is 286 Å². The van der Waals surface area contributed by atoms with Gasteiger partial charge in [-0.15, -0.1) is 0 Å². The lowest BCUT2D eigenvalue weighted by Gasteiger charge is -2.29. The largest absolute Gasteiger partial charge is 0.379 e. The number of hydrogen-bond acceptors (Lipinski definition) is 2. The van der Waals surface area contributed by atoms with E-state index in [1.807, 2.05) is 0 Å². The molecule has 0 radical (unpaired) electrons. The smallest absolute Gasteiger partial charge is 0.130 e. The van der Waals surface area contributed by atoms with Crippen molar-refractivity contribution in [3.63, 3.8) is 0 Å². The fourth-order valence-corrected chi connectivity index (χ4v) is 6.63. The Bertz CT molecular complexity index is 531. The van der Waals surface area contributed by atoms with Gasteiger partial charge >= 0.3 is 0 Å². The zero-order chi connectivity index (χ0) is 32.9. The van der Waals surface area contributed by atoms with Crippen LogP contribution in [0.4, 0.5) is 0 Å². The third-order valence-electron chi connectivity index (χ3n) is 9.55. The number of nitrogens with zero attached hydrogens (tertiary/aromatic N) is 1. The summed E-state index contributed by atoms with van der Waals surface area (Å²) < 4.78 is 13.4. The Morgan fingerprint density at radius 3 is 0.911 bits per heavy atom. The van der Waals surface area contributed by atoms with E-state index in [0.29, 0.717) is 0 Å². The summed E-state index contributed by atoms with van der Waals surface area (Å²) in [6.45, 7) is 8.18. The van der Waals surface area contributed by atoms with Gasteiger partial charge in [-0.1, -0.05) is 206 Å². The molecule has 0 aliphatic heterocycles. The standard InChI is InChI=1S/C42H88NO2/c1-6-8-10-12-14-16-18-20-22-24-26-28-30-32-34-36-38-44-41-42(40-43(3,4)5)45-39-37-35-33-31-29-27-25-23-21-19-17-15-13-11-9-7-2/h42H,6-41H2,1-5H3/q+1. The maximum atomic E-state index is 6.33. The molecule has 1 unspecified atom stereocenters. The monoisotopic (exact) mass is 639 g/mol. The number of quaternary nitrogens is 1. The highest BCUT2D eigenvalue weighted by Gasteiger charge is 2.19. The molecule has 3 heteroatoms. The lowest BCUT2D eigenvalue weighted by molar-refractivity contribution is -0.873. The Morgan fingerprint density at radius 2 is 0.622 bits per heavy atom. The highest BCUT2D eigenvalue weighted by Crippen LogP contribution is 2.15. The fourth-order valence-electron chi connectivity index (χ4n) is 6.63. The van der Waals surface area contributed by atoms with Crippen molar-refractivity contribution < 1.29 is 14.0 Å². The molecule has 0 spiro atoms. The van der Waals surface area contributed by atoms with Gasteiger partial charge in [0.2, 0.25) is 0 Å². The Kier molecular flexibility index (Phi) is 36.6. The van der Waals surface area contributed by atoms with Gasteiger partial charge in [-0.2, -0.15) is 0 Å². The first-order valence-corrected chi connectivity index (χ1v) is 21.0. The first-order chi connectivity index (χ1) is 22.0. The first kappa shape index (κ1) is 44.9. The van der Waals surface area contributed by atoms with Crippen molar-refractivity contribution in [3.05, 3.63) is 0 Å². The molecule has 0 saturated heterocycles. The SMILES string of the molecule is CCCCCCCCCCCCCCCCCCOCC(C[N+](C)(C)C)OCCCCCCCCCCCCCCCCCC. The molecule has 272 valence electrons. The Morgan fingerprint density at radius 1 is 0.356 bits per heavy atom.